The fourth-order valence-electron chi connectivity index (χ4n) is 0.121. The van der Waals surface area contributed by atoms with E-state index in [0.717, 1.165) is 0 Å². The van der Waals surface area contributed by atoms with E-state index in [1.807, 2.05) is 0 Å². The van der Waals surface area contributed by atoms with E-state index >= 15 is 0 Å². The molecule has 0 aliphatic heterocycles. The molecular formula is C4HN2NaS2. The van der Waals surface area contributed by atoms with Crippen LogP contribution >= 0.6 is 12.6 Å². The number of allylic oxidation sites excluding steroid dienone is 1. The predicted octanol–water partition coefficient (Wildman–Crippen LogP) is -2.27. The zero-order valence-electron chi connectivity index (χ0n) is 4.75. The Morgan fingerprint density at radius 3 is 1.67 bits per heavy atom. The van der Waals surface area contributed by atoms with E-state index in [0.29, 0.717) is 0 Å². The molecule has 0 bridgehead atoms. The van der Waals surface area contributed by atoms with Crippen LogP contribution in [-0.4, -0.2) is 0 Å². The Balaban J connectivity index is 0. The van der Waals surface area contributed by atoms with Crippen LogP contribution in [0.2, 0.25) is 0 Å². The van der Waals surface area contributed by atoms with Gasteiger partial charge in [0.15, 0.2) is 0 Å². The molecule has 9 heavy (non-hydrogen) atoms. The molecule has 0 rings (SSSR count). The van der Waals surface area contributed by atoms with Crippen LogP contribution < -0.4 is 29.6 Å². The molecule has 0 aromatic carbocycles. The number of thiol groups is 1. The van der Waals surface area contributed by atoms with E-state index in [1.54, 1.807) is 12.1 Å². The maximum Gasteiger partial charge on any atom is 1.00 e. The first-order valence-corrected chi connectivity index (χ1v) is 2.48. The Labute approximate surface area is 86.7 Å². The largest absolute Gasteiger partial charge is 1.00 e. The smallest absolute Gasteiger partial charge is 0.771 e. The van der Waals surface area contributed by atoms with Crippen LogP contribution in [0.1, 0.15) is 0 Å². The summed E-state index contributed by atoms with van der Waals surface area (Å²) in [6.45, 7) is 0. The molecule has 0 aromatic rings. The van der Waals surface area contributed by atoms with Gasteiger partial charge in [0.05, 0.1) is 0 Å². The number of hydrogen-bond donors (Lipinski definition) is 1. The maximum atomic E-state index is 8.05. The molecule has 0 spiro atoms. The Morgan fingerprint density at radius 1 is 1.33 bits per heavy atom. The average Bonchev–Trinajstić information content (AvgIpc) is 1.69. The zero-order chi connectivity index (χ0) is 6.57. The molecule has 2 nitrogen and oxygen atoms in total. The third kappa shape index (κ3) is 4.77. The van der Waals surface area contributed by atoms with E-state index in [1.165, 1.54) is 0 Å². The minimum absolute atomic E-state index is 0. The summed E-state index contributed by atoms with van der Waals surface area (Å²) in [7, 11) is 0. The molecule has 0 aliphatic rings. The second kappa shape index (κ2) is 6.41. The number of rotatable bonds is 0. The van der Waals surface area contributed by atoms with E-state index in [-0.39, 0.29) is 39.4 Å². The maximum absolute atomic E-state index is 8.05. The van der Waals surface area contributed by atoms with Gasteiger partial charge in [-0.25, -0.2) is 0 Å². The number of hydrogen-bond acceptors (Lipinski definition) is 4. The summed E-state index contributed by atoms with van der Waals surface area (Å²) in [6, 6.07) is 3.18. The van der Waals surface area contributed by atoms with Crippen molar-refractivity contribution in [3.05, 3.63) is 9.81 Å². The van der Waals surface area contributed by atoms with Gasteiger partial charge in [-0.05, 0) is 0 Å². The summed E-state index contributed by atoms with van der Waals surface area (Å²) >= 11 is 8.00. The quantitative estimate of drug-likeness (QED) is 0.190. The van der Waals surface area contributed by atoms with Gasteiger partial charge in [0, 0.05) is 0 Å². The van der Waals surface area contributed by atoms with E-state index in [4.69, 9.17) is 10.5 Å². The third-order valence-electron chi connectivity index (χ3n) is 0.437. The fraction of sp³-hybridized carbons (Fsp3) is 0. The molecule has 0 aliphatic carbocycles. The minimum atomic E-state index is -0.108. The van der Waals surface area contributed by atoms with Crippen LogP contribution in [0.25, 0.3) is 0 Å². The van der Waals surface area contributed by atoms with Gasteiger partial charge in [0.1, 0.15) is 17.7 Å². The standard InChI is InChI=1S/C4H2N2S2.Na/c5-1-3(2-6)4(7)8;/h7-8H;/q;+1/p-1. The molecule has 0 N–H and O–H groups in total. The van der Waals surface area contributed by atoms with Crippen LogP contribution in [0.5, 0.6) is 0 Å². The molecule has 40 valence electrons. The monoisotopic (exact) mass is 164 g/mol. The van der Waals surface area contributed by atoms with Gasteiger partial charge in [-0.15, -0.1) is 4.24 Å². The van der Waals surface area contributed by atoms with E-state index in [2.05, 4.69) is 25.3 Å². The van der Waals surface area contributed by atoms with Crippen LogP contribution in [0, 0.1) is 22.7 Å². The van der Waals surface area contributed by atoms with Crippen molar-refractivity contribution < 1.29 is 29.6 Å². The summed E-state index contributed by atoms with van der Waals surface area (Å²) < 4.78 is 0.0509. The molecule has 0 saturated heterocycles. The SMILES string of the molecule is N#CC(C#N)=C([S-])S.[Na+]. The summed E-state index contributed by atoms with van der Waals surface area (Å²) in [6.07, 6.45) is 0. The van der Waals surface area contributed by atoms with Gasteiger partial charge in [0.2, 0.25) is 0 Å². The van der Waals surface area contributed by atoms with Gasteiger partial charge in [-0.2, -0.15) is 23.2 Å². The van der Waals surface area contributed by atoms with Crippen LogP contribution in [0.4, 0.5) is 0 Å². The molecule has 0 radical (unpaired) electrons. The number of nitrogens with zero attached hydrogens (tertiary/aromatic N) is 2. The molecule has 0 heterocycles. The third-order valence-corrected chi connectivity index (χ3v) is 0.865. The normalized spacial score (nSPS) is 5.67. The first-order chi connectivity index (χ1) is 3.72. The molecule has 5 heteroatoms. The first kappa shape index (κ1) is 12.0. The summed E-state index contributed by atoms with van der Waals surface area (Å²) in [4.78, 5) is 0. The molecule has 0 unspecified atom stereocenters. The van der Waals surface area contributed by atoms with Crippen molar-refractivity contribution in [2.24, 2.45) is 0 Å². The van der Waals surface area contributed by atoms with Crippen molar-refractivity contribution in [3.63, 3.8) is 0 Å². The first-order valence-electron chi connectivity index (χ1n) is 1.62. The van der Waals surface area contributed by atoms with Crippen LogP contribution in [0.3, 0.4) is 0 Å². The second-order valence-electron chi connectivity index (χ2n) is 0.904. The Hall–Kier alpha value is 0.290. The van der Waals surface area contributed by atoms with E-state index < -0.39 is 0 Å². The summed E-state index contributed by atoms with van der Waals surface area (Å²) in [5, 5.41) is 16.1. The minimum Gasteiger partial charge on any atom is -0.771 e. The van der Waals surface area contributed by atoms with Crippen molar-refractivity contribution in [2.45, 2.75) is 0 Å². The molecular weight excluding hydrogens is 163 g/mol. The zero-order valence-corrected chi connectivity index (χ0v) is 8.46. The Kier molecular flexibility index (Phi) is 8.56. The number of nitriles is 2. The van der Waals surface area contributed by atoms with Crippen molar-refractivity contribution in [1.29, 1.82) is 10.5 Å². The van der Waals surface area contributed by atoms with Gasteiger partial charge >= 0.3 is 29.6 Å². The topological polar surface area (TPSA) is 47.6 Å². The van der Waals surface area contributed by atoms with E-state index in [9.17, 15) is 0 Å². The van der Waals surface area contributed by atoms with Gasteiger partial charge in [0.25, 0.3) is 0 Å². The average molecular weight is 164 g/mol. The van der Waals surface area contributed by atoms with Crippen LogP contribution in [-0.2, 0) is 12.6 Å². The Bertz CT molecular complexity index is 178. The fourth-order valence-corrected chi connectivity index (χ4v) is 0.312. The van der Waals surface area contributed by atoms with Gasteiger partial charge in [-0.1, -0.05) is 0 Å². The summed E-state index contributed by atoms with van der Waals surface area (Å²) in [5.74, 6) is 0. The van der Waals surface area contributed by atoms with Crippen LogP contribution in [0.15, 0.2) is 9.81 Å². The molecule has 0 amide bonds. The Morgan fingerprint density at radius 2 is 1.67 bits per heavy atom. The molecule has 0 aromatic heterocycles. The van der Waals surface area contributed by atoms with Crippen molar-refractivity contribution in [3.8, 4) is 12.1 Å². The van der Waals surface area contributed by atoms with Gasteiger partial charge in [-0.3, -0.25) is 0 Å². The summed E-state index contributed by atoms with van der Waals surface area (Å²) in [5.41, 5.74) is -0.108. The molecule has 0 atom stereocenters. The van der Waals surface area contributed by atoms with Crippen molar-refractivity contribution in [1.82, 2.24) is 0 Å². The predicted molar refractivity (Wildman–Crippen MR) is 34.6 cm³/mol. The van der Waals surface area contributed by atoms with Crippen molar-refractivity contribution in [2.75, 3.05) is 0 Å². The second-order valence-corrected chi connectivity index (χ2v) is 2.06. The van der Waals surface area contributed by atoms with Gasteiger partial charge < -0.3 is 12.6 Å². The molecule has 0 saturated carbocycles. The van der Waals surface area contributed by atoms with Crippen molar-refractivity contribution >= 4 is 25.3 Å². The molecule has 0 fully saturated rings.